The number of hydrogen-bond acceptors (Lipinski definition) is 2. The lowest BCUT2D eigenvalue weighted by Crippen LogP contribution is -2.51. The van der Waals surface area contributed by atoms with Crippen molar-refractivity contribution in [2.24, 2.45) is 0 Å². The van der Waals surface area contributed by atoms with E-state index in [-0.39, 0.29) is 24.8 Å². The van der Waals surface area contributed by atoms with Crippen LogP contribution < -0.4 is 5.32 Å². The van der Waals surface area contributed by atoms with Crippen molar-refractivity contribution in [3.63, 3.8) is 0 Å². The molecule has 34 heavy (non-hydrogen) atoms. The molecule has 0 saturated heterocycles. The van der Waals surface area contributed by atoms with Crippen LogP contribution in [0.5, 0.6) is 0 Å². The van der Waals surface area contributed by atoms with Gasteiger partial charge < -0.3 is 10.2 Å². The van der Waals surface area contributed by atoms with Gasteiger partial charge >= 0.3 is 0 Å². The molecule has 178 valence electrons. The van der Waals surface area contributed by atoms with E-state index in [2.05, 4.69) is 5.32 Å². The second-order valence-corrected chi connectivity index (χ2v) is 9.32. The van der Waals surface area contributed by atoms with Gasteiger partial charge in [0.25, 0.3) is 0 Å². The van der Waals surface area contributed by atoms with Crippen LogP contribution in [0.3, 0.4) is 0 Å². The predicted octanol–water partition coefficient (Wildman–Crippen LogP) is 6.36. The van der Waals surface area contributed by atoms with Crippen LogP contribution in [-0.4, -0.2) is 29.3 Å². The molecular formula is C27H27Cl3N2O2. The van der Waals surface area contributed by atoms with Crippen LogP contribution in [0.15, 0.2) is 72.8 Å². The van der Waals surface area contributed by atoms with Crippen LogP contribution in [0.1, 0.15) is 30.0 Å². The first kappa shape index (κ1) is 26.1. The van der Waals surface area contributed by atoms with Gasteiger partial charge in [0.05, 0.1) is 16.5 Å². The lowest BCUT2D eigenvalue weighted by molar-refractivity contribution is -0.140. The highest BCUT2D eigenvalue weighted by atomic mass is 35.5. The zero-order valence-corrected chi connectivity index (χ0v) is 21.2. The van der Waals surface area contributed by atoms with E-state index in [1.54, 1.807) is 35.2 Å². The summed E-state index contributed by atoms with van der Waals surface area (Å²) in [5, 5.41) is 4.40. The van der Waals surface area contributed by atoms with Crippen LogP contribution in [0.25, 0.3) is 0 Å². The van der Waals surface area contributed by atoms with Crippen LogP contribution in [-0.2, 0) is 29.0 Å². The van der Waals surface area contributed by atoms with E-state index in [1.165, 1.54) is 0 Å². The Balaban J connectivity index is 1.95. The Kier molecular flexibility index (Phi) is 9.82. The topological polar surface area (TPSA) is 49.4 Å². The summed E-state index contributed by atoms with van der Waals surface area (Å²) in [6.07, 6.45) is 1.30. The van der Waals surface area contributed by atoms with Crippen molar-refractivity contribution >= 4 is 46.6 Å². The van der Waals surface area contributed by atoms with Crippen LogP contribution >= 0.6 is 34.8 Å². The van der Waals surface area contributed by atoms with Gasteiger partial charge in [0.15, 0.2) is 0 Å². The molecule has 0 spiro atoms. The SMILES string of the molecule is CCCNC(=O)C(Cc1ccccc1)N(Cc1ccc(Cl)cc1)C(=O)Cc1ccc(Cl)c(Cl)c1. The first-order chi connectivity index (χ1) is 16.4. The minimum absolute atomic E-state index is 0.0941. The Labute approximate surface area is 215 Å². The lowest BCUT2D eigenvalue weighted by atomic mass is 10.0. The van der Waals surface area contributed by atoms with Gasteiger partial charge in [-0.1, -0.05) is 90.3 Å². The average molecular weight is 518 g/mol. The van der Waals surface area contributed by atoms with Crippen molar-refractivity contribution in [3.05, 3.63) is 105 Å². The maximum absolute atomic E-state index is 13.6. The molecule has 1 atom stereocenters. The van der Waals surface area contributed by atoms with Crippen LogP contribution in [0, 0.1) is 0 Å². The van der Waals surface area contributed by atoms with Crippen molar-refractivity contribution in [2.75, 3.05) is 6.54 Å². The Morgan fingerprint density at radius 1 is 0.853 bits per heavy atom. The molecule has 0 aliphatic heterocycles. The molecule has 0 heterocycles. The highest BCUT2D eigenvalue weighted by Crippen LogP contribution is 2.24. The second-order valence-electron chi connectivity index (χ2n) is 8.07. The molecule has 3 rings (SSSR count). The summed E-state index contributed by atoms with van der Waals surface area (Å²) in [6.45, 7) is 2.81. The Morgan fingerprint density at radius 2 is 1.53 bits per heavy atom. The third kappa shape index (κ3) is 7.49. The fourth-order valence-corrected chi connectivity index (χ4v) is 4.08. The molecule has 1 N–H and O–H groups in total. The number of nitrogens with zero attached hydrogens (tertiary/aromatic N) is 1. The van der Waals surface area contributed by atoms with Gasteiger partial charge in [-0.05, 0) is 47.4 Å². The van der Waals surface area contributed by atoms with E-state index in [9.17, 15) is 9.59 Å². The van der Waals surface area contributed by atoms with Gasteiger partial charge in [-0.2, -0.15) is 0 Å². The second kappa shape index (κ2) is 12.8. The van der Waals surface area contributed by atoms with Gasteiger partial charge in [0.1, 0.15) is 6.04 Å². The first-order valence-corrected chi connectivity index (χ1v) is 12.3. The molecule has 4 nitrogen and oxygen atoms in total. The first-order valence-electron chi connectivity index (χ1n) is 11.2. The van der Waals surface area contributed by atoms with E-state index in [0.717, 1.165) is 23.1 Å². The maximum atomic E-state index is 13.6. The zero-order chi connectivity index (χ0) is 24.5. The molecule has 0 saturated carbocycles. The molecule has 1 unspecified atom stereocenters. The monoisotopic (exact) mass is 516 g/mol. The summed E-state index contributed by atoms with van der Waals surface area (Å²) in [5.41, 5.74) is 2.59. The van der Waals surface area contributed by atoms with E-state index in [0.29, 0.717) is 28.0 Å². The van der Waals surface area contributed by atoms with Crippen molar-refractivity contribution in [3.8, 4) is 0 Å². The maximum Gasteiger partial charge on any atom is 0.243 e. The molecule has 3 aromatic rings. The predicted molar refractivity (Wildman–Crippen MR) is 139 cm³/mol. The quantitative estimate of drug-likeness (QED) is 0.340. The van der Waals surface area contributed by atoms with Crippen molar-refractivity contribution in [1.29, 1.82) is 0 Å². The molecular weight excluding hydrogens is 491 g/mol. The molecule has 7 heteroatoms. The number of hydrogen-bond donors (Lipinski definition) is 1. The van der Waals surface area contributed by atoms with E-state index < -0.39 is 6.04 Å². The fourth-order valence-electron chi connectivity index (χ4n) is 3.63. The molecule has 0 aliphatic rings. The van der Waals surface area contributed by atoms with Gasteiger partial charge in [0, 0.05) is 24.5 Å². The molecule has 0 radical (unpaired) electrons. The number of benzene rings is 3. The summed E-state index contributed by atoms with van der Waals surface area (Å²) in [6, 6.07) is 21.5. The van der Waals surface area contributed by atoms with Crippen LogP contribution in [0.2, 0.25) is 15.1 Å². The number of carbonyl (C=O) groups excluding carboxylic acids is 2. The molecule has 0 aromatic heterocycles. The summed E-state index contributed by atoms with van der Waals surface area (Å²) < 4.78 is 0. The number of rotatable bonds is 10. The molecule has 2 amide bonds. The summed E-state index contributed by atoms with van der Waals surface area (Å²) in [7, 11) is 0. The Morgan fingerprint density at radius 3 is 2.18 bits per heavy atom. The zero-order valence-electron chi connectivity index (χ0n) is 18.9. The fraction of sp³-hybridized carbons (Fsp3) is 0.259. The summed E-state index contributed by atoms with van der Waals surface area (Å²) in [5.74, 6) is -0.358. The van der Waals surface area contributed by atoms with Crippen LogP contribution in [0.4, 0.5) is 0 Å². The number of amides is 2. The number of nitrogens with one attached hydrogen (secondary N) is 1. The lowest BCUT2D eigenvalue weighted by Gasteiger charge is -2.31. The summed E-state index contributed by atoms with van der Waals surface area (Å²) in [4.78, 5) is 28.6. The molecule has 0 aliphatic carbocycles. The van der Waals surface area contributed by atoms with Crippen molar-refractivity contribution in [1.82, 2.24) is 10.2 Å². The minimum Gasteiger partial charge on any atom is -0.354 e. The van der Waals surface area contributed by atoms with Crippen molar-refractivity contribution < 1.29 is 9.59 Å². The standard InChI is InChI=1S/C27H27Cl3N2O2/c1-2-14-31-27(34)25(16-19-6-4-3-5-7-19)32(18-20-8-11-22(28)12-9-20)26(33)17-21-10-13-23(29)24(30)15-21/h3-13,15,25H,2,14,16-18H2,1H3,(H,31,34). The third-order valence-electron chi connectivity index (χ3n) is 5.43. The number of halogens is 3. The van der Waals surface area contributed by atoms with Gasteiger partial charge in [-0.25, -0.2) is 0 Å². The van der Waals surface area contributed by atoms with Gasteiger partial charge in [0.2, 0.25) is 11.8 Å². The smallest absolute Gasteiger partial charge is 0.243 e. The van der Waals surface area contributed by atoms with Gasteiger partial charge in [-0.3, -0.25) is 9.59 Å². The Hall–Kier alpha value is -2.53. The third-order valence-corrected chi connectivity index (χ3v) is 6.42. The Bertz CT molecular complexity index is 1100. The molecule has 0 fully saturated rings. The minimum atomic E-state index is -0.681. The molecule has 0 bridgehead atoms. The van der Waals surface area contributed by atoms with E-state index in [4.69, 9.17) is 34.8 Å². The average Bonchev–Trinajstić information content (AvgIpc) is 2.84. The van der Waals surface area contributed by atoms with Gasteiger partial charge in [-0.15, -0.1) is 0 Å². The van der Waals surface area contributed by atoms with Crippen molar-refractivity contribution in [2.45, 2.75) is 38.8 Å². The summed E-state index contributed by atoms with van der Waals surface area (Å²) >= 11 is 18.3. The molecule has 3 aromatic carbocycles. The highest BCUT2D eigenvalue weighted by Gasteiger charge is 2.30. The normalized spacial score (nSPS) is 11.6. The number of carbonyl (C=O) groups is 2. The highest BCUT2D eigenvalue weighted by molar-refractivity contribution is 6.42. The van der Waals surface area contributed by atoms with E-state index >= 15 is 0 Å². The van der Waals surface area contributed by atoms with E-state index in [1.807, 2.05) is 49.4 Å². The largest absolute Gasteiger partial charge is 0.354 e.